The second kappa shape index (κ2) is 23.9. The quantitative estimate of drug-likeness (QED) is 0.0548. The lowest BCUT2D eigenvalue weighted by Crippen LogP contribution is -2.37. The first kappa shape index (κ1) is 40.9. The van der Waals surface area contributed by atoms with Crippen LogP contribution in [0.3, 0.4) is 0 Å². The normalized spacial score (nSPS) is 12.1. The van der Waals surface area contributed by atoms with Gasteiger partial charge in [0.15, 0.2) is 46.8 Å². The first-order valence-corrected chi connectivity index (χ1v) is 16.5. The van der Waals surface area contributed by atoms with Gasteiger partial charge in [-0.25, -0.2) is 0 Å². The highest BCUT2D eigenvalue weighted by Crippen LogP contribution is 2.46. The van der Waals surface area contributed by atoms with Crippen LogP contribution in [-0.4, -0.2) is 133 Å². The highest BCUT2D eigenvalue weighted by atomic mass is 16.5. The van der Waals surface area contributed by atoms with Gasteiger partial charge < -0.3 is 67.2 Å². The van der Waals surface area contributed by atoms with Gasteiger partial charge in [-0.3, -0.25) is 20.0 Å². The van der Waals surface area contributed by atoms with E-state index in [0.29, 0.717) is 99.4 Å². The van der Waals surface area contributed by atoms with E-state index in [0.717, 1.165) is 16.7 Å². The van der Waals surface area contributed by atoms with Gasteiger partial charge in [-0.2, -0.15) is 0 Å². The largest absolute Gasteiger partial charge is 0.488 e. The molecule has 0 saturated carbocycles. The van der Waals surface area contributed by atoms with Crippen molar-refractivity contribution in [2.24, 2.45) is 25.7 Å². The molecule has 0 aliphatic heterocycles. The Bertz CT molecular complexity index is 1420. The maximum atomic E-state index is 6.51. The number of para-hydroxylation sites is 1. The third kappa shape index (κ3) is 12.9. The second-order valence-electron chi connectivity index (χ2n) is 10.2. The van der Waals surface area contributed by atoms with Crippen LogP contribution in [-0.2, 0) is 6.54 Å². The van der Waals surface area contributed by atoms with Crippen molar-refractivity contribution < 1.29 is 18.9 Å². The third-order valence-electron chi connectivity index (χ3n) is 7.10. The maximum Gasteiger partial charge on any atom is 0.190 e. The monoisotopic (exact) mass is 699 g/mol. The van der Waals surface area contributed by atoms with Crippen LogP contribution in [0.25, 0.3) is 11.1 Å². The van der Waals surface area contributed by atoms with Crippen LogP contribution in [0.2, 0.25) is 0 Å². The van der Waals surface area contributed by atoms with Gasteiger partial charge in [0.1, 0.15) is 26.4 Å². The summed E-state index contributed by atoms with van der Waals surface area (Å²) in [5.74, 6) is 4.82. The van der Waals surface area contributed by atoms with E-state index in [1.54, 1.807) is 56.4 Å². The van der Waals surface area contributed by atoms with Crippen molar-refractivity contribution >= 4 is 23.8 Å². The minimum atomic E-state index is 0.246. The molecule has 0 fully saturated rings. The summed E-state index contributed by atoms with van der Waals surface area (Å²) in [4.78, 5) is 16.7. The number of benzene rings is 2. The average molecular weight is 700 g/mol. The molecule has 50 heavy (non-hydrogen) atoms. The van der Waals surface area contributed by atoms with Gasteiger partial charge in [0.2, 0.25) is 0 Å². The lowest BCUT2D eigenvalue weighted by Gasteiger charge is -2.22. The molecular weight excluding hydrogens is 642 g/mol. The molecule has 0 aliphatic rings. The number of hydrogen-bond donors (Lipinski definition) is 9. The summed E-state index contributed by atoms with van der Waals surface area (Å²) in [5.41, 5.74) is 8.53. The minimum absolute atomic E-state index is 0.246. The predicted molar refractivity (Wildman–Crippen MR) is 203 cm³/mol. The van der Waals surface area contributed by atoms with Crippen molar-refractivity contribution in [2.75, 3.05) is 109 Å². The third-order valence-corrected chi connectivity index (χ3v) is 7.10. The van der Waals surface area contributed by atoms with E-state index in [1.165, 1.54) is 0 Å². The van der Waals surface area contributed by atoms with E-state index < -0.39 is 0 Å². The van der Waals surface area contributed by atoms with E-state index in [1.807, 2.05) is 30.3 Å². The van der Waals surface area contributed by atoms with Crippen LogP contribution in [0.15, 0.2) is 50.3 Å². The standard InChI is InChI=1S/C33H57N13O4/c1-35-30(36-2)43-14-18-47-26-11-9-10-24(28(26)49-20-16-45-32(39-5)40-6)25-13-12-23(22-34)27(48-19-15-44-31(37-3)38-4)29(25)50-21-17-46-33(41-7)42-8/h9-13H,14-22,34H2,1-8H3,(H2,35,36,43)(H2,37,38,44)(H2,39,40,45)(H2,41,42,46). The molecule has 2 rings (SSSR count). The summed E-state index contributed by atoms with van der Waals surface area (Å²) in [6, 6.07) is 9.69. The predicted octanol–water partition coefficient (Wildman–Crippen LogP) is -0.493. The van der Waals surface area contributed by atoms with Crippen LogP contribution in [0.1, 0.15) is 5.56 Å². The fraction of sp³-hybridized carbons (Fsp3) is 0.515. The Morgan fingerprint density at radius 3 is 1.34 bits per heavy atom. The van der Waals surface area contributed by atoms with Crippen molar-refractivity contribution in [3.63, 3.8) is 0 Å². The van der Waals surface area contributed by atoms with Gasteiger partial charge in [0, 0.05) is 79.6 Å². The Morgan fingerprint density at radius 2 is 0.920 bits per heavy atom. The van der Waals surface area contributed by atoms with Gasteiger partial charge in [-0.1, -0.05) is 18.2 Å². The molecule has 17 nitrogen and oxygen atoms in total. The van der Waals surface area contributed by atoms with E-state index >= 15 is 0 Å². The van der Waals surface area contributed by atoms with Gasteiger partial charge in [0.25, 0.3) is 0 Å². The number of aliphatic imine (C=N–C) groups is 4. The van der Waals surface area contributed by atoms with Crippen molar-refractivity contribution in [2.45, 2.75) is 6.54 Å². The minimum Gasteiger partial charge on any atom is -0.488 e. The zero-order valence-corrected chi connectivity index (χ0v) is 30.7. The van der Waals surface area contributed by atoms with Crippen LogP contribution in [0, 0.1) is 0 Å². The van der Waals surface area contributed by atoms with E-state index in [4.69, 9.17) is 24.7 Å². The molecule has 10 N–H and O–H groups in total. The molecule has 2 aromatic rings. The molecule has 0 bridgehead atoms. The van der Waals surface area contributed by atoms with Crippen molar-refractivity contribution in [1.29, 1.82) is 0 Å². The molecule has 0 amide bonds. The molecular formula is C33H57N13O4. The molecule has 0 unspecified atom stereocenters. The number of hydrogen-bond acceptors (Lipinski definition) is 9. The summed E-state index contributed by atoms with van der Waals surface area (Å²) in [7, 11) is 14.0. The Kier molecular flexibility index (Phi) is 19.5. The zero-order valence-electron chi connectivity index (χ0n) is 30.7. The molecule has 0 aliphatic carbocycles. The number of ether oxygens (including phenoxy) is 4. The van der Waals surface area contributed by atoms with Crippen molar-refractivity contribution in [3.8, 4) is 34.1 Å². The SMILES string of the molecule is C/N=C(\NC)NCCOc1cccc(-c2ccc(CN)c(OCCN/C(=N/C)NC)c2OCCN/C(=N/C)NC)c1OCCN/C(=N/C)NC. The number of rotatable bonds is 18. The first-order chi connectivity index (χ1) is 24.4. The van der Waals surface area contributed by atoms with Gasteiger partial charge in [0.05, 0.1) is 26.2 Å². The van der Waals surface area contributed by atoms with E-state index in [9.17, 15) is 0 Å². The number of nitrogens with zero attached hydrogens (tertiary/aromatic N) is 4. The summed E-state index contributed by atoms with van der Waals surface area (Å²) in [6.07, 6.45) is 0. The molecule has 2 aromatic carbocycles. The molecule has 0 radical (unpaired) electrons. The lowest BCUT2D eigenvalue weighted by atomic mass is 9.99. The Hall–Kier alpha value is -5.32. The van der Waals surface area contributed by atoms with E-state index in [-0.39, 0.29) is 6.54 Å². The summed E-state index contributed by atoms with van der Waals surface area (Å²) >= 11 is 0. The smallest absolute Gasteiger partial charge is 0.190 e. The Balaban J connectivity index is 2.56. The number of nitrogens with two attached hydrogens (primary N) is 1. The van der Waals surface area contributed by atoms with Crippen LogP contribution >= 0.6 is 0 Å². The molecule has 0 atom stereocenters. The van der Waals surface area contributed by atoms with E-state index in [2.05, 4.69) is 62.5 Å². The first-order valence-electron chi connectivity index (χ1n) is 16.5. The van der Waals surface area contributed by atoms with Gasteiger partial charge >= 0.3 is 0 Å². The Morgan fingerprint density at radius 1 is 0.520 bits per heavy atom. The zero-order chi connectivity index (χ0) is 36.6. The van der Waals surface area contributed by atoms with Crippen LogP contribution < -0.4 is 67.2 Å². The van der Waals surface area contributed by atoms with Crippen molar-refractivity contribution in [3.05, 3.63) is 35.9 Å². The summed E-state index contributed by atoms with van der Waals surface area (Å²) < 4.78 is 25.6. The van der Waals surface area contributed by atoms with Gasteiger partial charge in [-0.05, 0) is 12.1 Å². The topological polar surface area (TPSA) is 209 Å². The van der Waals surface area contributed by atoms with Crippen LogP contribution in [0.4, 0.5) is 0 Å². The van der Waals surface area contributed by atoms with Crippen LogP contribution in [0.5, 0.6) is 23.0 Å². The fourth-order valence-corrected chi connectivity index (χ4v) is 4.68. The second-order valence-corrected chi connectivity index (χ2v) is 10.2. The fourth-order valence-electron chi connectivity index (χ4n) is 4.68. The summed E-state index contributed by atoms with van der Waals surface area (Å²) in [5, 5.41) is 24.9. The molecule has 278 valence electrons. The van der Waals surface area contributed by atoms with Crippen molar-refractivity contribution in [1.82, 2.24) is 42.5 Å². The highest BCUT2D eigenvalue weighted by molar-refractivity contribution is 5.82. The molecule has 0 saturated heterocycles. The molecule has 17 heteroatoms. The van der Waals surface area contributed by atoms with Gasteiger partial charge in [-0.15, -0.1) is 0 Å². The maximum absolute atomic E-state index is 6.51. The average Bonchev–Trinajstić information content (AvgIpc) is 3.15. The highest BCUT2D eigenvalue weighted by Gasteiger charge is 2.22. The number of guanidine groups is 4. The Labute approximate surface area is 296 Å². The summed E-state index contributed by atoms with van der Waals surface area (Å²) in [6.45, 7) is 3.54. The molecule has 0 heterocycles. The number of nitrogens with one attached hydrogen (secondary N) is 8. The molecule has 0 spiro atoms. The molecule has 0 aromatic heterocycles. The lowest BCUT2D eigenvalue weighted by molar-refractivity contribution is 0.269.